The molecule has 278 valence electrons. The molecule has 4 aromatic rings. The van der Waals surface area contributed by atoms with Crippen LogP contribution in [0.2, 0.25) is 18.1 Å². The number of carbonyl (C=O) groups is 4. The zero-order chi connectivity index (χ0) is 37.9. The zero-order valence-electron chi connectivity index (χ0n) is 31.7. The molecule has 2 heterocycles. The Hall–Kier alpha value is -3.22. The summed E-state index contributed by atoms with van der Waals surface area (Å²) in [4.78, 5) is 48.3. The number of hydrogen-bond donors (Lipinski definition) is 1. The van der Waals surface area contributed by atoms with Crippen molar-refractivity contribution >= 4 is 74.7 Å². The summed E-state index contributed by atoms with van der Waals surface area (Å²) >= 11 is 2.96. The first kappa shape index (κ1) is 42.2. The van der Waals surface area contributed by atoms with Gasteiger partial charge in [-0.25, -0.2) is 0 Å². The summed E-state index contributed by atoms with van der Waals surface area (Å²) in [5, 5.41) is 11.3. The molecule has 0 saturated heterocycles. The van der Waals surface area contributed by atoms with Crippen LogP contribution in [0.3, 0.4) is 0 Å². The Balaban J connectivity index is 0.000000286. The van der Waals surface area contributed by atoms with Crippen molar-refractivity contribution in [1.82, 2.24) is 0 Å². The number of carbonyl (C=O) groups excluding carboxylic acids is 4. The molecule has 0 aliphatic rings. The summed E-state index contributed by atoms with van der Waals surface area (Å²) in [7, 11) is 0.966. The number of rotatable bonds is 16. The number of ketones is 2. The van der Waals surface area contributed by atoms with Gasteiger partial charge in [-0.2, -0.15) is 0 Å². The number of aliphatic hydroxyl groups excluding tert-OH is 1. The minimum Gasteiger partial charge on any atom is -0.469 e. The summed E-state index contributed by atoms with van der Waals surface area (Å²) < 4.78 is 17.7. The minimum atomic E-state index is -1.70. The molecule has 0 bridgehead atoms. The third kappa shape index (κ3) is 12.2. The number of methoxy groups -OCH3 is 2. The van der Waals surface area contributed by atoms with Crippen molar-refractivity contribution in [1.29, 1.82) is 0 Å². The fourth-order valence-electron chi connectivity index (χ4n) is 5.24. The highest BCUT2D eigenvalue weighted by atomic mass is 32.1. The molecule has 0 aliphatic heterocycles. The Morgan fingerprint density at radius 1 is 0.686 bits per heavy atom. The molecular formula is C40H54O8S2Si. The van der Waals surface area contributed by atoms with Gasteiger partial charge < -0.3 is 19.0 Å². The number of ether oxygens (including phenoxy) is 2. The third-order valence-corrected chi connectivity index (χ3v) is 16.3. The highest BCUT2D eigenvalue weighted by molar-refractivity contribution is 7.21. The topological polar surface area (TPSA) is 116 Å². The standard InChI is InChI=1S/C23H34O4SSi.C17H20O4S/c1-16-13-20-18(15-21(28-20)19(24)10-11-22(25)26-5)14-17(16)9-8-12-27-29(6,7)23(2,3)4;1-11-8-15-13(9-12(11)4-3-7-18)10-16(22-15)14(19)5-6-17(20)21-2/h13-15H,8-12H2,1-7H3;8-10,18H,3-7H2,1-2H3. The summed E-state index contributed by atoms with van der Waals surface area (Å²) in [6, 6.07) is 12.4. The maximum atomic E-state index is 12.4. The van der Waals surface area contributed by atoms with Crippen LogP contribution in [0.4, 0.5) is 0 Å². The van der Waals surface area contributed by atoms with Gasteiger partial charge in [-0.3, -0.25) is 19.2 Å². The van der Waals surface area contributed by atoms with E-state index in [1.165, 1.54) is 59.1 Å². The van der Waals surface area contributed by atoms with E-state index in [2.05, 4.69) is 74.5 Å². The second-order valence-electron chi connectivity index (χ2n) is 14.4. The molecular weight excluding hydrogens is 701 g/mol. The van der Waals surface area contributed by atoms with Crippen LogP contribution in [0.5, 0.6) is 0 Å². The van der Waals surface area contributed by atoms with Gasteiger partial charge in [0.15, 0.2) is 19.9 Å². The van der Waals surface area contributed by atoms with Crippen LogP contribution < -0.4 is 0 Å². The molecule has 1 N–H and O–H groups in total. The highest BCUT2D eigenvalue weighted by Gasteiger charge is 2.36. The Morgan fingerprint density at radius 3 is 1.51 bits per heavy atom. The van der Waals surface area contributed by atoms with E-state index in [9.17, 15) is 19.2 Å². The Labute approximate surface area is 311 Å². The second-order valence-corrected chi connectivity index (χ2v) is 21.4. The molecule has 0 aliphatic carbocycles. The molecule has 0 spiro atoms. The van der Waals surface area contributed by atoms with Gasteiger partial charge in [0, 0.05) is 35.5 Å². The Morgan fingerprint density at radius 2 is 1.12 bits per heavy atom. The lowest BCUT2D eigenvalue weighted by atomic mass is 10.0. The molecule has 8 nitrogen and oxygen atoms in total. The average molecular weight is 755 g/mol. The zero-order valence-corrected chi connectivity index (χ0v) is 34.3. The lowest BCUT2D eigenvalue weighted by Crippen LogP contribution is -2.41. The van der Waals surface area contributed by atoms with Crippen LogP contribution in [0.15, 0.2) is 36.4 Å². The van der Waals surface area contributed by atoms with Crippen molar-refractivity contribution in [3.63, 3.8) is 0 Å². The van der Waals surface area contributed by atoms with Gasteiger partial charge in [-0.15, -0.1) is 22.7 Å². The maximum absolute atomic E-state index is 12.4. The fraction of sp³-hybridized carbons (Fsp3) is 0.500. The van der Waals surface area contributed by atoms with Gasteiger partial charge in [0.25, 0.3) is 0 Å². The fourth-order valence-corrected chi connectivity index (χ4v) is 8.55. The summed E-state index contributed by atoms with van der Waals surface area (Å²) in [6.07, 6.45) is 4.14. The lowest BCUT2D eigenvalue weighted by molar-refractivity contribution is -0.141. The van der Waals surface area contributed by atoms with Gasteiger partial charge in [-0.05, 0) is 115 Å². The highest BCUT2D eigenvalue weighted by Crippen LogP contribution is 2.37. The number of aliphatic hydroxyl groups is 1. The van der Waals surface area contributed by atoms with Gasteiger partial charge in [0.1, 0.15) is 0 Å². The molecule has 0 saturated carbocycles. The Kier molecular flexibility index (Phi) is 15.7. The molecule has 11 heteroatoms. The van der Waals surface area contributed by atoms with E-state index in [4.69, 9.17) is 9.53 Å². The van der Waals surface area contributed by atoms with Crippen LogP contribution in [0.25, 0.3) is 20.2 Å². The van der Waals surface area contributed by atoms with E-state index < -0.39 is 8.32 Å². The average Bonchev–Trinajstić information content (AvgIpc) is 3.69. The van der Waals surface area contributed by atoms with Crippen LogP contribution in [-0.4, -0.2) is 64.4 Å². The third-order valence-electron chi connectivity index (χ3n) is 9.53. The second kappa shape index (κ2) is 19.0. The molecule has 2 aromatic heterocycles. The van der Waals surface area contributed by atoms with Crippen LogP contribution in [0.1, 0.15) is 101 Å². The SMILES string of the molecule is COC(=O)CCC(=O)c1cc2cc(CCCO)c(C)cc2s1.COC(=O)CCC(=O)c1cc2cc(CCCO[Si](C)(C)C(C)(C)C)c(C)cc2s1. The van der Waals surface area contributed by atoms with E-state index in [1.54, 1.807) is 0 Å². The molecule has 0 atom stereocenters. The number of thiophene rings is 2. The molecule has 4 rings (SSSR count). The summed E-state index contributed by atoms with van der Waals surface area (Å²) in [5.74, 6) is -0.742. The van der Waals surface area contributed by atoms with E-state index in [0.717, 1.165) is 52.5 Å². The quantitative estimate of drug-likeness (QED) is 0.0521. The van der Waals surface area contributed by atoms with E-state index in [-0.39, 0.29) is 60.8 Å². The lowest BCUT2D eigenvalue weighted by Gasteiger charge is -2.36. The number of benzene rings is 2. The molecule has 0 amide bonds. The van der Waals surface area contributed by atoms with E-state index in [1.807, 2.05) is 19.1 Å². The first-order valence-electron chi connectivity index (χ1n) is 17.5. The van der Waals surface area contributed by atoms with Crippen molar-refractivity contribution < 1.29 is 38.2 Å². The number of fused-ring (bicyclic) bond motifs is 2. The van der Waals surface area contributed by atoms with Crippen LogP contribution >= 0.6 is 22.7 Å². The predicted octanol–water partition coefficient (Wildman–Crippen LogP) is 9.57. The minimum absolute atomic E-state index is 0.00132. The number of hydrogen-bond acceptors (Lipinski definition) is 10. The molecule has 51 heavy (non-hydrogen) atoms. The van der Waals surface area contributed by atoms with Gasteiger partial charge in [0.05, 0.1) is 36.8 Å². The summed E-state index contributed by atoms with van der Waals surface area (Å²) in [5.41, 5.74) is 4.94. The van der Waals surface area contributed by atoms with Gasteiger partial charge >= 0.3 is 11.9 Å². The number of aryl methyl sites for hydroxylation is 4. The maximum Gasteiger partial charge on any atom is 0.305 e. The van der Waals surface area contributed by atoms with Crippen LogP contribution in [-0.2, 0) is 36.3 Å². The van der Waals surface area contributed by atoms with Crippen LogP contribution in [0, 0.1) is 13.8 Å². The molecule has 0 fully saturated rings. The first-order valence-corrected chi connectivity index (χ1v) is 22.0. The first-order chi connectivity index (χ1) is 24.0. The molecule has 0 radical (unpaired) electrons. The number of esters is 2. The molecule has 2 aromatic carbocycles. The van der Waals surface area contributed by atoms with Crippen molar-refractivity contribution in [2.75, 3.05) is 27.4 Å². The van der Waals surface area contributed by atoms with E-state index >= 15 is 0 Å². The normalized spacial score (nSPS) is 11.7. The van der Waals surface area contributed by atoms with Crippen molar-refractivity contribution in [3.05, 3.63) is 68.4 Å². The van der Waals surface area contributed by atoms with Crippen molar-refractivity contribution in [3.8, 4) is 0 Å². The predicted molar refractivity (Wildman–Crippen MR) is 211 cm³/mol. The number of Topliss-reactive ketones (excluding diaryl/α,β-unsaturated/α-hetero) is 2. The molecule has 0 unspecified atom stereocenters. The van der Waals surface area contributed by atoms with Crippen molar-refractivity contribution in [2.24, 2.45) is 0 Å². The smallest absolute Gasteiger partial charge is 0.305 e. The summed E-state index contributed by atoms with van der Waals surface area (Å²) in [6.45, 7) is 16.5. The van der Waals surface area contributed by atoms with Gasteiger partial charge in [-0.1, -0.05) is 32.9 Å². The Bertz CT molecular complexity index is 1830. The van der Waals surface area contributed by atoms with E-state index in [0.29, 0.717) is 9.75 Å². The van der Waals surface area contributed by atoms with Crippen molar-refractivity contribution in [2.45, 2.75) is 104 Å². The largest absolute Gasteiger partial charge is 0.469 e. The van der Waals surface area contributed by atoms with Gasteiger partial charge in [0.2, 0.25) is 0 Å². The monoisotopic (exact) mass is 754 g/mol.